The van der Waals surface area contributed by atoms with Gasteiger partial charge in [-0.1, -0.05) is 12.1 Å². The molecule has 0 bridgehead atoms. The standard InChI is InChI=1S/C13H18O5/c1-17-11-4-2-10(3-5-11)8-18-9-13(16)12(15)6-7-14/h2-5,7,12-13,15-16H,6,8-9H2,1H3/t12-,13-/m0/s1. The number of aliphatic hydroxyl groups excluding tert-OH is 2. The van der Waals surface area contributed by atoms with Crippen LogP contribution in [0.3, 0.4) is 0 Å². The minimum atomic E-state index is -1.07. The van der Waals surface area contributed by atoms with E-state index in [0.29, 0.717) is 12.9 Å². The van der Waals surface area contributed by atoms with Crippen molar-refractivity contribution in [1.29, 1.82) is 0 Å². The molecule has 0 fully saturated rings. The maximum absolute atomic E-state index is 10.2. The van der Waals surface area contributed by atoms with Gasteiger partial charge in [-0.25, -0.2) is 0 Å². The summed E-state index contributed by atoms with van der Waals surface area (Å²) in [6.45, 7) is 0.315. The van der Waals surface area contributed by atoms with Crippen LogP contribution in [0.5, 0.6) is 5.75 Å². The molecular weight excluding hydrogens is 236 g/mol. The molecule has 1 rings (SSSR count). The van der Waals surface area contributed by atoms with Crippen LogP contribution in [0.4, 0.5) is 0 Å². The van der Waals surface area contributed by atoms with Crippen molar-refractivity contribution in [3.8, 4) is 5.75 Å². The first kappa shape index (κ1) is 14.6. The molecule has 0 saturated heterocycles. The molecule has 1 aromatic carbocycles. The number of carbonyl (C=O) groups excluding carboxylic acids is 1. The molecule has 0 heterocycles. The Morgan fingerprint density at radius 3 is 2.44 bits per heavy atom. The predicted octanol–water partition coefficient (Wildman–Crippen LogP) is 0.523. The third-order valence-corrected chi connectivity index (χ3v) is 2.50. The normalized spacial score (nSPS) is 13.9. The van der Waals surface area contributed by atoms with Crippen molar-refractivity contribution in [3.63, 3.8) is 0 Å². The van der Waals surface area contributed by atoms with Crippen LogP contribution in [0.1, 0.15) is 12.0 Å². The zero-order valence-corrected chi connectivity index (χ0v) is 10.3. The fraction of sp³-hybridized carbons (Fsp3) is 0.462. The Morgan fingerprint density at radius 2 is 1.89 bits per heavy atom. The average Bonchev–Trinajstić information content (AvgIpc) is 2.39. The number of aldehydes is 1. The third-order valence-electron chi connectivity index (χ3n) is 2.50. The summed E-state index contributed by atoms with van der Waals surface area (Å²) in [6, 6.07) is 7.34. The topological polar surface area (TPSA) is 76.0 Å². The Hall–Kier alpha value is -1.43. The predicted molar refractivity (Wildman–Crippen MR) is 65.3 cm³/mol. The lowest BCUT2D eigenvalue weighted by Crippen LogP contribution is -2.30. The molecule has 0 radical (unpaired) electrons. The highest BCUT2D eigenvalue weighted by Crippen LogP contribution is 2.12. The molecule has 1 aromatic rings. The summed E-state index contributed by atoms with van der Waals surface area (Å²) in [5, 5.41) is 18.8. The molecule has 0 unspecified atom stereocenters. The number of methoxy groups -OCH3 is 1. The summed E-state index contributed by atoms with van der Waals surface area (Å²) in [4.78, 5) is 10.2. The maximum atomic E-state index is 10.2. The van der Waals surface area contributed by atoms with E-state index in [9.17, 15) is 15.0 Å². The van der Waals surface area contributed by atoms with E-state index in [1.807, 2.05) is 24.3 Å². The summed E-state index contributed by atoms with van der Waals surface area (Å²) >= 11 is 0. The second-order valence-electron chi connectivity index (χ2n) is 3.90. The highest BCUT2D eigenvalue weighted by atomic mass is 16.5. The number of hydrogen-bond donors (Lipinski definition) is 2. The van der Waals surface area contributed by atoms with Crippen LogP contribution in [0.25, 0.3) is 0 Å². The van der Waals surface area contributed by atoms with Gasteiger partial charge in [-0.05, 0) is 17.7 Å². The first-order chi connectivity index (χ1) is 8.67. The Morgan fingerprint density at radius 1 is 1.22 bits per heavy atom. The lowest BCUT2D eigenvalue weighted by atomic mass is 10.1. The van der Waals surface area contributed by atoms with Crippen molar-refractivity contribution in [2.24, 2.45) is 0 Å². The minimum Gasteiger partial charge on any atom is -0.497 e. The molecule has 0 aromatic heterocycles. The van der Waals surface area contributed by atoms with Gasteiger partial charge in [0.05, 0.1) is 26.4 Å². The van der Waals surface area contributed by atoms with E-state index >= 15 is 0 Å². The second-order valence-corrected chi connectivity index (χ2v) is 3.90. The van der Waals surface area contributed by atoms with Crippen LogP contribution in [0, 0.1) is 0 Å². The molecule has 2 atom stereocenters. The Balaban J connectivity index is 2.30. The molecular formula is C13H18O5. The summed E-state index contributed by atoms with van der Waals surface area (Å²) in [5.74, 6) is 0.764. The lowest BCUT2D eigenvalue weighted by molar-refractivity contribution is -0.112. The van der Waals surface area contributed by atoms with Crippen LogP contribution in [-0.4, -0.2) is 42.4 Å². The number of aliphatic hydroxyl groups is 2. The van der Waals surface area contributed by atoms with Gasteiger partial charge in [-0.2, -0.15) is 0 Å². The van der Waals surface area contributed by atoms with Gasteiger partial charge in [-0.3, -0.25) is 0 Å². The largest absolute Gasteiger partial charge is 0.497 e. The second kappa shape index (κ2) is 7.81. The summed E-state index contributed by atoms with van der Waals surface area (Å²) in [6.07, 6.45) is -1.64. The van der Waals surface area contributed by atoms with Crippen molar-refractivity contribution < 1.29 is 24.5 Å². The van der Waals surface area contributed by atoms with Crippen LogP contribution < -0.4 is 4.74 Å². The van der Waals surface area contributed by atoms with E-state index < -0.39 is 12.2 Å². The first-order valence-corrected chi connectivity index (χ1v) is 5.67. The third kappa shape index (κ3) is 4.83. The van der Waals surface area contributed by atoms with Crippen molar-refractivity contribution >= 4 is 6.29 Å². The van der Waals surface area contributed by atoms with Gasteiger partial charge in [0.15, 0.2) is 0 Å². The molecule has 0 aliphatic rings. The van der Waals surface area contributed by atoms with Gasteiger partial charge >= 0.3 is 0 Å². The lowest BCUT2D eigenvalue weighted by Gasteiger charge is -2.15. The fourth-order valence-electron chi connectivity index (χ4n) is 1.39. The number of hydrogen-bond acceptors (Lipinski definition) is 5. The molecule has 0 spiro atoms. The van der Waals surface area contributed by atoms with E-state index in [-0.39, 0.29) is 13.0 Å². The van der Waals surface area contributed by atoms with Gasteiger partial charge in [-0.15, -0.1) is 0 Å². The quantitative estimate of drug-likeness (QED) is 0.662. The van der Waals surface area contributed by atoms with Crippen LogP contribution in [-0.2, 0) is 16.1 Å². The zero-order chi connectivity index (χ0) is 13.4. The first-order valence-electron chi connectivity index (χ1n) is 5.67. The number of ether oxygens (including phenoxy) is 2. The van der Waals surface area contributed by atoms with E-state index in [4.69, 9.17) is 9.47 Å². The monoisotopic (exact) mass is 254 g/mol. The van der Waals surface area contributed by atoms with Gasteiger partial charge < -0.3 is 24.5 Å². The van der Waals surface area contributed by atoms with Crippen molar-refractivity contribution in [2.45, 2.75) is 25.2 Å². The Kier molecular flexibility index (Phi) is 6.35. The van der Waals surface area contributed by atoms with E-state index in [2.05, 4.69) is 0 Å². The molecule has 5 nitrogen and oxygen atoms in total. The van der Waals surface area contributed by atoms with Gasteiger partial charge in [0.25, 0.3) is 0 Å². The minimum absolute atomic E-state index is 0.0129. The molecule has 0 saturated carbocycles. The maximum Gasteiger partial charge on any atom is 0.122 e. The van der Waals surface area contributed by atoms with Crippen molar-refractivity contribution in [3.05, 3.63) is 29.8 Å². The zero-order valence-electron chi connectivity index (χ0n) is 10.3. The molecule has 2 N–H and O–H groups in total. The van der Waals surface area contributed by atoms with Crippen molar-refractivity contribution in [2.75, 3.05) is 13.7 Å². The molecule has 0 aliphatic carbocycles. The summed E-state index contributed by atoms with van der Waals surface area (Å²) in [5.41, 5.74) is 0.938. The van der Waals surface area contributed by atoms with Crippen LogP contribution in [0.15, 0.2) is 24.3 Å². The van der Waals surface area contributed by atoms with E-state index in [0.717, 1.165) is 11.3 Å². The van der Waals surface area contributed by atoms with Gasteiger partial charge in [0, 0.05) is 6.42 Å². The van der Waals surface area contributed by atoms with Crippen molar-refractivity contribution in [1.82, 2.24) is 0 Å². The summed E-state index contributed by atoms with van der Waals surface area (Å²) < 4.78 is 10.3. The van der Waals surface area contributed by atoms with Crippen LogP contribution >= 0.6 is 0 Å². The molecule has 0 amide bonds. The Labute approximate surface area is 106 Å². The van der Waals surface area contributed by atoms with E-state index in [1.165, 1.54) is 0 Å². The molecule has 0 aliphatic heterocycles. The summed E-state index contributed by atoms with van der Waals surface area (Å²) in [7, 11) is 1.59. The highest BCUT2D eigenvalue weighted by Gasteiger charge is 2.15. The molecule has 5 heteroatoms. The molecule has 100 valence electrons. The smallest absolute Gasteiger partial charge is 0.122 e. The number of carbonyl (C=O) groups is 1. The van der Waals surface area contributed by atoms with Crippen LogP contribution in [0.2, 0.25) is 0 Å². The average molecular weight is 254 g/mol. The number of benzene rings is 1. The highest BCUT2D eigenvalue weighted by molar-refractivity contribution is 5.50. The number of rotatable bonds is 8. The SMILES string of the molecule is COc1ccc(COC[C@H](O)[C@@H](O)CC=O)cc1. The van der Waals surface area contributed by atoms with Gasteiger partial charge in [0.1, 0.15) is 18.1 Å². The van der Waals surface area contributed by atoms with E-state index in [1.54, 1.807) is 7.11 Å². The fourth-order valence-corrected chi connectivity index (χ4v) is 1.39. The van der Waals surface area contributed by atoms with Gasteiger partial charge in [0.2, 0.25) is 0 Å². The Bertz CT molecular complexity index is 349. The molecule has 18 heavy (non-hydrogen) atoms.